The Balaban J connectivity index is 1.43. The third-order valence-corrected chi connectivity index (χ3v) is 7.50. The quantitative estimate of drug-likeness (QED) is 0.556. The fourth-order valence-corrected chi connectivity index (χ4v) is 5.76. The van der Waals surface area contributed by atoms with Crippen LogP contribution >= 0.6 is 22.9 Å². The molecule has 160 valence electrons. The van der Waals surface area contributed by atoms with E-state index in [4.69, 9.17) is 11.6 Å². The molecule has 2 aliphatic rings. The summed E-state index contributed by atoms with van der Waals surface area (Å²) in [6.07, 6.45) is -3.22. The molecule has 3 aromatic rings. The Kier molecular flexibility index (Phi) is 4.57. The van der Waals surface area contributed by atoms with E-state index >= 15 is 0 Å². The Hall–Kier alpha value is -2.58. The Bertz CT molecular complexity index is 1230. The molecule has 5 rings (SSSR count). The number of halogens is 4. The number of rotatable bonds is 2. The molecule has 3 heterocycles. The van der Waals surface area contributed by atoms with E-state index in [-0.39, 0.29) is 17.4 Å². The number of hydrogen-bond donors (Lipinski definition) is 1. The van der Waals surface area contributed by atoms with E-state index in [1.807, 2.05) is 0 Å². The van der Waals surface area contributed by atoms with Gasteiger partial charge in [-0.25, -0.2) is 0 Å². The summed E-state index contributed by atoms with van der Waals surface area (Å²) in [5.74, 6) is -0.187. The van der Waals surface area contributed by atoms with E-state index in [1.54, 1.807) is 29.2 Å². The highest BCUT2D eigenvalue weighted by Gasteiger charge is 2.49. The van der Waals surface area contributed by atoms with Gasteiger partial charge in [-0.15, -0.1) is 11.3 Å². The van der Waals surface area contributed by atoms with E-state index in [0.29, 0.717) is 45.9 Å². The van der Waals surface area contributed by atoms with Crippen molar-refractivity contribution in [2.75, 3.05) is 13.1 Å². The number of hydrogen-bond acceptors (Lipinski definition) is 3. The van der Waals surface area contributed by atoms with Crippen LogP contribution in [-0.4, -0.2) is 35.3 Å². The van der Waals surface area contributed by atoms with Gasteiger partial charge in [-0.2, -0.15) is 13.2 Å². The summed E-state index contributed by atoms with van der Waals surface area (Å²) in [5.41, 5.74) is 0.0332. The maximum Gasteiger partial charge on any atom is 0.416 e. The average molecular weight is 465 g/mol. The third-order valence-electron chi connectivity index (χ3n) is 5.86. The molecule has 0 unspecified atom stereocenters. The molecule has 1 N–H and O–H groups in total. The molecule has 1 spiro atoms. The lowest BCUT2D eigenvalue weighted by molar-refractivity contribution is -0.137. The van der Waals surface area contributed by atoms with Gasteiger partial charge in [0.15, 0.2) is 0 Å². The van der Waals surface area contributed by atoms with Crippen LogP contribution in [0.15, 0.2) is 42.5 Å². The summed E-state index contributed by atoms with van der Waals surface area (Å²) >= 11 is 7.71. The summed E-state index contributed by atoms with van der Waals surface area (Å²) in [6, 6.07) is 10.3. The summed E-state index contributed by atoms with van der Waals surface area (Å²) in [4.78, 5) is 26.5. The minimum Gasteiger partial charge on any atom is -0.347 e. The molecule has 31 heavy (non-hydrogen) atoms. The molecule has 4 nitrogen and oxygen atoms in total. The van der Waals surface area contributed by atoms with Crippen LogP contribution in [-0.2, 0) is 11.0 Å². The van der Waals surface area contributed by atoms with Crippen LogP contribution in [0.5, 0.6) is 0 Å². The topological polar surface area (TPSA) is 49.4 Å². The predicted molar refractivity (Wildman–Crippen MR) is 113 cm³/mol. The summed E-state index contributed by atoms with van der Waals surface area (Å²) in [6.45, 7) is 0.912. The Labute approximate surface area is 184 Å². The van der Waals surface area contributed by atoms with Gasteiger partial charge in [-0.3, -0.25) is 9.59 Å². The first-order valence-electron chi connectivity index (χ1n) is 9.65. The second-order valence-corrected chi connectivity index (χ2v) is 9.45. The molecular weight excluding hydrogens is 449 g/mol. The highest BCUT2D eigenvalue weighted by Crippen LogP contribution is 2.41. The number of fused-ring (bicyclic) bond motifs is 1. The lowest BCUT2D eigenvalue weighted by Crippen LogP contribution is -2.68. The number of carbonyl (C=O) groups is 2. The van der Waals surface area contributed by atoms with Crippen LogP contribution in [0.1, 0.15) is 28.1 Å². The molecule has 2 fully saturated rings. The fraction of sp³-hybridized carbons (Fsp3) is 0.273. The number of likely N-dealkylation sites (tertiary alicyclic amines) is 1. The zero-order valence-corrected chi connectivity index (χ0v) is 17.6. The molecule has 0 bridgehead atoms. The van der Waals surface area contributed by atoms with Crippen molar-refractivity contribution in [2.24, 2.45) is 0 Å². The molecule has 2 amide bonds. The van der Waals surface area contributed by atoms with E-state index in [0.717, 1.165) is 23.3 Å². The highest BCUT2D eigenvalue weighted by molar-refractivity contribution is 7.21. The molecule has 2 saturated heterocycles. The van der Waals surface area contributed by atoms with Gasteiger partial charge in [0.2, 0.25) is 5.91 Å². The van der Waals surface area contributed by atoms with Crippen LogP contribution in [0.3, 0.4) is 0 Å². The zero-order chi connectivity index (χ0) is 22.0. The first-order valence-corrected chi connectivity index (χ1v) is 10.8. The van der Waals surface area contributed by atoms with Crippen molar-refractivity contribution < 1.29 is 22.8 Å². The number of nitrogens with one attached hydrogen (secondary N) is 1. The van der Waals surface area contributed by atoms with Crippen molar-refractivity contribution in [3.63, 3.8) is 0 Å². The zero-order valence-electron chi connectivity index (χ0n) is 16.1. The highest BCUT2D eigenvalue weighted by atomic mass is 35.5. The molecule has 0 atom stereocenters. The first-order chi connectivity index (χ1) is 14.7. The minimum absolute atomic E-state index is 0.00844. The van der Waals surface area contributed by atoms with Gasteiger partial charge < -0.3 is 10.2 Å². The molecule has 0 radical (unpaired) electrons. The normalized spacial score (nSPS) is 17.8. The monoisotopic (exact) mass is 464 g/mol. The van der Waals surface area contributed by atoms with Crippen molar-refractivity contribution in [1.29, 1.82) is 0 Å². The summed E-state index contributed by atoms with van der Waals surface area (Å²) in [7, 11) is 0. The molecule has 0 aliphatic carbocycles. The molecule has 0 saturated carbocycles. The summed E-state index contributed by atoms with van der Waals surface area (Å²) in [5, 5.41) is 3.98. The van der Waals surface area contributed by atoms with Crippen molar-refractivity contribution in [1.82, 2.24) is 10.2 Å². The van der Waals surface area contributed by atoms with E-state index in [2.05, 4.69) is 5.32 Å². The van der Waals surface area contributed by atoms with Crippen molar-refractivity contribution >= 4 is 44.8 Å². The van der Waals surface area contributed by atoms with Crippen LogP contribution in [0, 0.1) is 0 Å². The molecular formula is C22H16ClF3N2O2S. The molecule has 2 aromatic carbocycles. The molecule has 2 aliphatic heterocycles. The van der Waals surface area contributed by atoms with Gasteiger partial charge in [0.25, 0.3) is 5.91 Å². The SMILES string of the molecule is O=C1CCC2(CN(C(=O)c3sc4cc(-c5cccc(C(F)(F)F)c5)ccc4c3Cl)C2)N1. The number of thiophene rings is 1. The maximum atomic E-state index is 13.0. The lowest BCUT2D eigenvalue weighted by atomic mass is 9.88. The average Bonchev–Trinajstić information content (AvgIpc) is 3.26. The fourth-order valence-electron chi connectivity index (χ4n) is 4.24. The van der Waals surface area contributed by atoms with Crippen molar-refractivity contribution in [2.45, 2.75) is 24.6 Å². The van der Waals surface area contributed by atoms with Crippen molar-refractivity contribution in [3.8, 4) is 11.1 Å². The number of nitrogens with zero attached hydrogens (tertiary/aromatic N) is 1. The van der Waals surface area contributed by atoms with Gasteiger partial charge in [-0.05, 0) is 35.7 Å². The number of carbonyl (C=O) groups excluding carboxylic acids is 2. The van der Waals surface area contributed by atoms with E-state index < -0.39 is 11.7 Å². The van der Waals surface area contributed by atoms with Gasteiger partial charge >= 0.3 is 6.18 Å². The smallest absolute Gasteiger partial charge is 0.347 e. The number of amides is 2. The number of benzene rings is 2. The largest absolute Gasteiger partial charge is 0.416 e. The third kappa shape index (κ3) is 3.47. The van der Waals surface area contributed by atoms with Gasteiger partial charge in [0.1, 0.15) is 4.88 Å². The van der Waals surface area contributed by atoms with Crippen LogP contribution < -0.4 is 5.32 Å². The Morgan fingerprint density at radius 2 is 1.87 bits per heavy atom. The van der Waals surface area contributed by atoms with Gasteiger partial charge in [0, 0.05) is 29.6 Å². The van der Waals surface area contributed by atoms with Crippen LogP contribution in [0.4, 0.5) is 13.2 Å². The molecule has 1 aromatic heterocycles. The van der Waals surface area contributed by atoms with E-state index in [1.165, 1.54) is 17.4 Å². The summed E-state index contributed by atoms with van der Waals surface area (Å²) < 4.78 is 39.9. The van der Waals surface area contributed by atoms with Gasteiger partial charge in [-0.1, -0.05) is 35.9 Å². The van der Waals surface area contributed by atoms with Gasteiger partial charge in [0.05, 0.1) is 16.1 Å². The van der Waals surface area contributed by atoms with E-state index in [9.17, 15) is 22.8 Å². The second kappa shape index (κ2) is 6.97. The predicted octanol–water partition coefficient (Wildman–Crippen LogP) is 5.35. The first kappa shape index (κ1) is 20.3. The second-order valence-electron chi connectivity index (χ2n) is 8.02. The minimum atomic E-state index is -4.42. The van der Waals surface area contributed by atoms with Crippen molar-refractivity contribution in [3.05, 3.63) is 57.9 Å². The lowest BCUT2D eigenvalue weighted by Gasteiger charge is -2.47. The Morgan fingerprint density at radius 3 is 2.55 bits per heavy atom. The van der Waals surface area contributed by atoms with Crippen LogP contribution in [0.25, 0.3) is 21.2 Å². The standard InChI is InChI=1S/C22H16ClF3N2O2S/c23-18-15-5-4-13(12-2-1-3-14(8-12)22(24,25)26)9-16(15)31-19(18)20(30)28-10-21(11-28)7-6-17(29)27-21/h1-5,8-9H,6-7,10-11H2,(H,27,29). The number of alkyl halides is 3. The molecule has 9 heteroatoms. The Morgan fingerprint density at radius 1 is 1.13 bits per heavy atom. The van der Waals surface area contributed by atoms with Crippen LogP contribution in [0.2, 0.25) is 5.02 Å². The maximum absolute atomic E-state index is 13.0.